The number of nitrogens with zero attached hydrogens (tertiary/aromatic N) is 8. The largest absolute Gasteiger partial charge is 0.474 e. The van der Waals surface area contributed by atoms with E-state index in [9.17, 15) is 14.4 Å². The Morgan fingerprint density at radius 2 is 1.75 bits per heavy atom. The summed E-state index contributed by atoms with van der Waals surface area (Å²) in [5, 5.41) is 9.19. The molecule has 0 atom stereocenters. The van der Waals surface area contributed by atoms with Gasteiger partial charge in [-0.25, -0.2) is 19.7 Å². The average Bonchev–Trinajstić information content (AvgIpc) is 3.18. The number of urea groups is 1. The fraction of sp³-hybridized carbons (Fsp3) is 0.400. The Balaban J connectivity index is 0.752. The van der Waals surface area contributed by atoms with E-state index in [0.29, 0.717) is 63.5 Å². The van der Waals surface area contributed by atoms with Gasteiger partial charge in [-0.05, 0) is 60.9 Å². The molecule has 55 heavy (non-hydrogen) atoms. The van der Waals surface area contributed by atoms with E-state index >= 15 is 0 Å². The zero-order chi connectivity index (χ0) is 37.5. The number of piperazine rings is 1. The highest BCUT2D eigenvalue weighted by molar-refractivity contribution is 6.05. The lowest BCUT2D eigenvalue weighted by Crippen LogP contribution is -2.63. The number of carbonyl (C=O) groups excluding carboxylic acids is 3. The quantitative estimate of drug-likeness (QED) is 0.243. The minimum Gasteiger partial charge on any atom is -0.474 e. The molecule has 3 N–H and O–H groups in total. The summed E-state index contributed by atoms with van der Waals surface area (Å²) in [6.45, 7) is 10.4. The zero-order valence-corrected chi connectivity index (χ0v) is 31.0. The van der Waals surface area contributed by atoms with Crippen LogP contribution in [0.5, 0.6) is 5.88 Å². The maximum atomic E-state index is 13.4. The molecule has 0 unspecified atom stereocenters. The Hall–Kier alpha value is -5.96. The molecule has 0 aliphatic carbocycles. The second-order valence-corrected chi connectivity index (χ2v) is 14.8. The standard InChI is InChI=1S/C40H45N11O4/c1-26-34(22-42-38-37(26)41-11-18-55-38)49-12-9-28-21-43-39(45-33(28)25-49)44-29-4-2-3-27(19-29)20-36(53)48-16-14-47(15-17-48)32-23-50(24-32)30-5-7-31(8-6-30)51-13-10-35(52)46-40(51)54/h2-8,19,21-22,32,41H,9-18,20,23-25H2,1H3,(H,43,44,45)(H,46,52,54). The molecule has 0 spiro atoms. The number of rotatable bonds is 8. The van der Waals surface area contributed by atoms with Crippen LogP contribution in [0.4, 0.5) is 39.2 Å². The summed E-state index contributed by atoms with van der Waals surface area (Å²) in [6, 6.07) is 16.0. The van der Waals surface area contributed by atoms with Gasteiger partial charge in [-0.1, -0.05) is 12.1 Å². The second kappa shape index (κ2) is 14.7. The maximum absolute atomic E-state index is 13.4. The van der Waals surface area contributed by atoms with E-state index < -0.39 is 0 Å². The summed E-state index contributed by atoms with van der Waals surface area (Å²) >= 11 is 0. The smallest absolute Gasteiger partial charge is 0.328 e. The van der Waals surface area contributed by atoms with Gasteiger partial charge < -0.3 is 30.1 Å². The number of carbonyl (C=O) groups is 3. The van der Waals surface area contributed by atoms with Gasteiger partial charge in [-0.2, -0.15) is 0 Å². The van der Waals surface area contributed by atoms with Crippen LogP contribution in [-0.2, 0) is 29.0 Å². The minimum atomic E-state index is -0.370. The molecule has 284 valence electrons. The fourth-order valence-corrected chi connectivity index (χ4v) is 8.16. The summed E-state index contributed by atoms with van der Waals surface area (Å²) < 4.78 is 5.73. The predicted octanol–water partition coefficient (Wildman–Crippen LogP) is 3.31. The third-order valence-corrected chi connectivity index (χ3v) is 11.4. The van der Waals surface area contributed by atoms with Gasteiger partial charge in [-0.3, -0.25) is 24.7 Å². The van der Waals surface area contributed by atoms with Gasteiger partial charge in [0.2, 0.25) is 23.6 Å². The molecule has 5 aliphatic heterocycles. The first-order chi connectivity index (χ1) is 26.8. The van der Waals surface area contributed by atoms with Crippen LogP contribution in [0.25, 0.3) is 0 Å². The van der Waals surface area contributed by atoms with Gasteiger partial charge in [0.05, 0.1) is 30.5 Å². The van der Waals surface area contributed by atoms with Gasteiger partial charge in [0.15, 0.2) is 0 Å². The zero-order valence-electron chi connectivity index (χ0n) is 31.0. The number of hydrogen-bond acceptors (Lipinski definition) is 12. The van der Waals surface area contributed by atoms with Crippen LogP contribution in [0.3, 0.4) is 0 Å². The van der Waals surface area contributed by atoms with Crippen molar-refractivity contribution >= 4 is 52.2 Å². The number of ether oxygens (including phenoxy) is 1. The number of pyridine rings is 1. The molecule has 15 heteroatoms. The first kappa shape index (κ1) is 34.8. The highest BCUT2D eigenvalue weighted by Gasteiger charge is 2.35. The normalized spacial score (nSPS) is 18.8. The van der Waals surface area contributed by atoms with Crippen LogP contribution in [0.1, 0.15) is 28.8 Å². The Kier molecular flexibility index (Phi) is 9.30. The topological polar surface area (TPSA) is 151 Å². The Morgan fingerprint density at radius 3 is 2.56 bits per heavy atom. The lowest BCUT2D eigenvalue weighted by Gasteiger charge is -2.49. The Morgan fingerprint density at radius 1 is 0.927 bits per heavy atom. The van der Waals surface area contributed by atoms with Gasteiger partial charge in [0, 0.05) is 100 Å². The molecule has 15 nitrogen and oxygen atoms in total. The van der Waals surface area contributed by atoms with E-state index in [1.54, 1.807) is 4.90 Å². The van der Waals surface area contributed by atoms with E-state index in [4.69, 9.17) is 9.72 Å². The maximum Gasteiger partial charge on any atom is 0.328 e. The monoisotopic (exact) mass is 743 g/mol. The molecular weight excluding hydrogens is 699 g/mol. The van der Waals surface area contributed by atoms with Crippen LogP contribution in [0, 0.1) is 6.92 Å². The van der Waals surface area contributed by atoms with Crippen molar-refractivity contribution in [3.8, 4) is 5.88 Å². The van der Waals surface area contributed by atoms with E-state index in [-0.39, 0.29) is 17.8 Å². The first-order valence-electron chi connectivity index (χ1n) is 19.1. The van der Waals surface area contributed by atoms with Crippen molar-refractivity contribution in [2.45, 2.75) is 38.8 Å². The fourth-order valence-electron chi connectivity index (χ4n) is 8.16. The van der Waals surface area contributed by atoms with Crippen LogP contribution >= 0.6 is 0 Å². The van der Waals surface area contributed by atoms with Crippen molar-refractivity contribution in [1.82, 2.24) is 30.1 Å². The van der Waals surface area contributed by atoms with Gasteiger partial charge in [0.1, 0.15) is 12.3 Å². The number of benzene rings is 2. The molecule has 0 saturated carbocycles. The molecule has 9 rings (SSSR count). The number of anilines is 6. The number of amides is 4. The number of aromatic nitrogens is 3. The molecule has 7 heterocycles. The molecule has 2 aromatic heterocycles. The summed E-state index contributed by atoms with van der Waals surface area (Å²) in [5.41, 5.74) is 9.02. The van der Waals surface area contributed by atoms with Gasteiger partial charge >= 0.3 is 6.03 Å². The summed E-state index contributed by atoms with van der Waals surface area (Å²) in [4.78, 5) is 61.9. The van der Waals surface area contributed by atoms with E-state index in [0.717, 1.165) is 96.5 Å². The van der Waals surface area contributed by atoms with Crippen LogP contribution < -0.4 is 35.4 Å². The molecule has 5 aliphatic rings. The molecule has 3 fully saturated rings. The van der Waals surface area contributed by atoms with Crippen molar-refractivity contribution in [2.24, 2.45) is 0 Å². The van der Waals surface area contributed by atoms with Crippen LogP contribution in [-0.4, -0.2) is 114 Å². The first-order valence-corrected chi connectivity index (χ1v) is 19.1. The van der Waals surface area contributed by atoms with Crippen molar-refractivity contribution < 1.29 is 19.1 Å². The molecule has 0 bridgehead atoms. The van der Waals surface area contributed by atoms with Crippen molar-refractivity contribution in [3.05, 3.63) is 83.3 Å². The molecule has 4 aromatic rings. The molecule has 4 amide bonds. The third kappa shape index (κ3) is 7.19. The second-order valence-electron chi connectivity index (χ2n) is 14.8. The van der Waals surface area contributed by atoms with E-state index in [1.165, 1.54) is 0 Å². The molecule has 2 aromatic carbocycles. The van der Waals surface area contributed by atoms with E-state index in [1.807, 2.05) is 65.8 Å². The van der Waals surface area contributed by atoms with E-state index in [2.05, 4.69) is 47.5 Å². The van der Waals surface area contributed by atoms with Crippen LogP contribution in [0.15, 0.2) is 60.9 Å². The lowest BCUT2D eigenvalue weighted by molar-refractivity contribution is -0.132. The number of imide groups is 1. The average molecular weight is 744 g/mol. The Labute approximate surface area is 319 Å². The minimum absolute atomic E-state index is 0.137. The Bertz CT molecular complexity index is 2110. The van der Waals surface area contributed by atoms with Gasteiger partial charge in [0.25, 0.3) is 0 Å². The third-order valence-electron chi connectivity index (χ3n) is 11.4. The van der Waals surface area contributed by atoms with Crippen molar-refractivity contribution in [3.63, 3.8) is 0 Å². The lowest BCUT2D eigenvalue weighted by atomic mass is 10.0. The van der Waals surface area contributed by atoms with Crippen LogP contribution in [0.2, 0.25) is 0 Å². The molecule has 3 saturated heterocycles. The number of fused-ring (bicyclic) bond motifs is 2. The SMILES string of the molecule is Cc1c(N2CCc3cnc(Nc4cccc(CC(=O)N5CCN(C6CN(c7ccc(N8CCC(=O)NC8=O)cc7)C6)CC5)c4)nc3C2)cnc2c1NCCO2. The predicted molar refractivity (Wildman–Crippen MR) is 209 cm³/mol. The molecule has 0 radical (unpaired) electrons. The summed E-state index contributed by atoms with van der Waals surface area (Å²) in [5.74, 6) is 1.10. The van der Waals surface area contributed by atoms with Crippen molar-refractivity contribution in [1.29, 1.82) is 0 Å². The highest BCUT2D eigenvalue weighted by atomic mass is 16.5. The highest BCUT2D eigenvalue weighted by Crippen LogP contribution is 2.36. The summed E-state index contributed by atoms with van der Waals surface area (Å²) in [7, 11) is 0. The number of nitrogens with one attached hydrogen (secondary N) is 3. The summed E-state index contributed by atoms with van der Waals surface area (Å²) in [6.07, 6.45) is 5.32. The number of hydrogen-bond donors (Lipinski definition) is 3. The van der Waals surface area contributed by atoms with Crippen molar-refractivity contribution in [2.75, 3.05) is 90.8 Å². The van der Waals surface area contributed by atoms with Gasteiger partial charge in [-0.15, -0.1) is 0 Å². The molecular formula is C40H45N11O4.